The Balaban J connectivity index is 3.89. The maximum atomic E-state index is 12.4. The van der Waals surface area contributed by atoms with Crippen LogP contribution in [0.4, 0.5) is 0 Å². The molecule has 0 aliphatic rings. The Morgan fingerprint density at radius 1 is 0.482 bits per heavy atom. The summed E-state index contributed by atoms with van der Waals surface area (Å²) in [6, 6.07) is 0. The Morgan fingerprint density at radius 2 is 0.857 bits per heavy atom. The second kappa shape index (κ2) is 42.4. The Kier molecular flexibility index (Phi) is 40.7. The largest absolute Gasteiger partial charge is 0.469 e. The van der Waals surface area contributed by atoms with Gasteiger partial charge < -0.3 is 19.3 Å². The van der Waals surface area contributed by atoms with Crippen LogP contribution in [0.25, 0.3) is 0 Å². The number of phosphoric acid groups is 1. The summed E-state index contributed by atoms with van der Waals surface area (Å²) in [6.45, 7) is 3.54. The van der Waals surface area contributed by atoms with Gasteiger partial charge in [-0.15, -0.1) is 0 Å². The Hall–Kier alpha value is -2.25. The molecule has 0 spiro atoms. The van der Waals surface area contributed by atoms with Gasteiger partial charge in [0.15, 0.2) is 6.10 Å². The van der Waals surface area contributed by atoms with Crippen molar-refractivity contribution in [2.24, 2.45) is 0 Å². The average Bonchev–Trinajstić information content (AvgIpc) is 3.17. The van der Waals surface area contributed by atoms with E-state index in [1.165, 1.54) is 116 Å². The lowest BCUT2D eigenvalue weighted by Crippen LogP contribution is -2.29. The van der Waals surface area contributed by atoms with E-state index in [2.05, 4.69) is 79.1 Å². The first kappa shape index (κ1) is 53.8. The summed E-state index contributed by atoms with van der Waals surface area (Å²) in [4.78, 5) is 42.9. The highest BCUT2D eigenvalue weighted by Gasteiger charge is 2.22. The van der Waals surface area contributed by atoms with E-state index in [0.717, 1.165) is 57.8 Å². The second-order valence-electron chi connectivity index (χ2n) is 15.0. The standard InChI is InChI=1S/C47H83O8P/c1-3-5-7-9-11-13-15-17-19-20-21-22-23-24-25-26-28-29-31-33-35-37-39-41-46(48)53-43-45(44-54-56(50,51)52)55-47(49)42-40-38-36-34-32-30-27-18-16-14-12-10-8-6-4-2/h6,8,12,14,18,20-21,27,32,34,45H,3-5,7,9-11,13,15-17,19,22-26,28-31,33,35-44H2,1-2H3,(H2,50,51,52)/b8-6-,14-12-,21-20-,27-18-,34-32-. The van der Waals surface area contributed by atoms with Crippen molar-refractivity contribution in [3.05, 3.63) is 60.8 Å². The SMILES string of the molecule is CC/C=C\C/C=C\C/C=C\C/C=C\CCCCC(=O)OC(COC(=O)CCCCCCCCCCCCC/C=C\CCCCCCCCCC)COP(=O)(O)O. The predicted octanol–water partition coefficient (Wildman–Crippen LogP) is 14.1. The van der Waals surface area contributed by atoms with Crippen molar-refractivity contribution >= 4 is 19.8 Å². The quantitative estimate of drug-likeness (QED) is 0.0271. The van der Waals surface area contributed by atoms with E-state index in [-0.39, 0.29) is 19.4 Å². The smallest absolute Gasteiger partial charge is 0.462 e. The molecule has 0 aromatic rings. The van der Waals surface area contributed by atoms with Crippen molar-refractivity contribution in [1.82, 2.24) is 0 Å². The molecule has 1 unspecified atom stereocenters. The number of unbranched alkanes of at least 4 members (excludes halogenated alkanes) is 21. The first-order valence-corrected chi connectivity index (χ1v) is 24.1. The van der Waals surface area contributed by atoms with E-state index in [4.69, 9.17) is 19.3 Å². The van der Waals surface area contributed by atoms with Gasteiger partial charge in [-0.25, -0.2) is 4.57 Å². The lowest BCUT2D eigenvalue weighted by Gasteiger charge is -2.18. The number of carbonyl (C=O) groups excluding carboxylic acids is 2. The van der Waals surface area contributed by atoms with Crippen LogP contribution in [0.5, 0.6) is 0 Å². The van der Waals surface area contributed by atoms with E-state index in [0.29, 0.717) is 6.42 Å². The van der Waals surface area contributed by atoms with Crippen LogP contribution in [0.15, 0.2) is 60.8 Å². The molecule has 0 fully saturated rings. The van der Waals surface area contributed by atoms with Gasteiger partial charge in [0.2, 0.25) is 0 Å². The second-order valence-corrected chi connectivity index (χ2v) is 16.2. The lowest BCUT2D eigenvalue weighted by atomic mass is 10.0. The summed E-state index contributed by atoms with van der Waals surface area (Å²) in [5.41, 5.74) is 0. The summed E-state index contributed by atoms with van der Waals surface area (Å²) >= 11 is 0. The van der Waals surface area contributed by atoms with Gasteiger partial charge >= 0.3 is 19.8 Å². The fourth-order valence-electron chi connectivity index (χ4n) is 6.18. The third-order valence-corrected chi connectivity index (χ3v) is 10.0. The molecule has 0 aromatic heterocycles. The molecule has 0 aliphatic carbocycles. The minimum atomic E-state index is -4.77. The number of hydrogen-bond donors (Lipinski definition) is 2. The molecule has 0 bridgehead atoms. The van der Waals surface area contributed by atoms with E-state index in [9.17, 15) is 14.2 Å². The zero-order chi connectivity index (χ0) is 41.1. The Morgan fingerprint density at radius 3 is 1.34 bits per heavy atom. The molecule has 0 saturated heterocycles. The van der Waals surface area contributed by atoms with Gasteiger partial charge in [-0.05, 0) is 77.0 Å². The molecule has 0 amide bonds. The normalized spacial score (nSPS) is 13.0. The number of hydrogen-bond acceptors (Lipinski definition) is 6. The van der Waals surface area contributed by atoms with Gasteiger partial charge in [-0.3, -0.25) is 14.1 Å². The van der Waals surface area contributed by atoms with Crippen molar-refractivity contribution in [2.45, 2.75) is 213 Å². The van der Waals surface area contributed by atoms with Crippen LogP contribution in [0.1, 0.15) is 206 Å². The minimum Gasteiger partial charge on any atom is -0.462 e. The number of phosphoric ester groups is 1. The molecule has 0 heterocycles. The number of esters is 2. The van der Waals surface area contributed by atoms with Crippen molar-refractivity contribution in [1.29, 1.82) is 0 Å². The summed E-state index contributed by atoms with van der Waals surface area (Å²) in [6.07, 6.45) is 53.9. The summed E-state index contributed by atoms with van der Waals surface area (Å²) in [5, 5.41) is 0. The molecule has 56 heavy (non-hydrogen) atoms. The van der Waals surface area contributed by atoms with Crippen molar-refractivity contribution < 1.29 is 37.9 Å². The summed E-state index contributed by atoms with van der Waals surface area (Å²) in [7, 11) is -4.77. The molecule has 1 atom stereocenters. The number of allylic oxidation sites excluding steroid dienone is 10. The topological polar surface area (TPSA) is 119 Å². The molecule has 0 saturated carbocycles. The minimum absolute atomic E-state index is 0.158. The molecule has 8 nitrogen and oxygen atoms in total. The lowest BCUT2D eigenvalue weighted by molar-refractivity contribution is -0.161. The fourth-order valence-corrected chi connectivity index (χ4v) is 6.54. The molecular formula is C47H83O8P. The predicted molar refractivity (Wildman–Crippen MR) is 234 cm³/mol. The van der Waals surface area contributed by atoms with E-state index in [1.807, 2.05) is 0 Å². The van der Waals surface area contributed by atoms with Crippen molar-refractivity contribution in [2.75, 3.05) is 13.2 Å². The first-order valence-electron chi connectivity index (χ1n) is 22.6. The van der Waals surface area contributed by atoms with Crippen molar-refractivity contribution in [3.63, 3.8) is 0 Å². The van der Waals surface area contributed by atoms with Gasteiger partial charge in [-0.2, -0.15) is 0 Å². The van der Waals surface area contributed by atoms with Gasteiger partial charge in [0.1, 0.15) is 6.61 Å². The zero-order valence-electron chi connectivity index (χ0n) is 35.8. The highest BCUT2D eigenvalue weighted by molar-refractivity contribution is 7.46. The van der Waals surface area contributed by atoms with Crippen molar-refractivity contribution in [3.8, 4) is 0 Å². The van der Waals surface area contributed by atoms with Gasteiger partial charge in [0.25, 0.3) is 0 Å². The van der Waals surface area contributed by atoms with E-state index < -0.39 is 32.5 Å². The molecule has 324 valence electrons. The maximum absolute atomic E-state index is 12.4. The average molecular weight is 807 g/mol. The van der Waals surface area contributed by atoms with Crippen LogP contribution in [0, 0.1) is 0 Å². The Labute approximate surface area is 343 Å². The highest BCUT2D eigenvalue weighted by Crippen LogP contribution is 2.36. The third-order valence-electron chi connectivity index (χ3n) is 9.52. The molecule has 9 heteroatoms. The van der Waals surface area contributed by atoms with E-state index in [1.54, 1.807) is 0 Å². The summed E-state index contributed by atoms with van der Waals surface area (Å²) in [5.74, 6) is -0.933. The fraction of sp³-hybridized carbons (Fsp3) is 0.745. The molecule has 0 aliphatic heterocycles. The molecular weight excluding hydrogens is 723 g/mol. The van der Waals surface area contributed by atoms with Crippen LogP contribution in [-0.4, -0.2) is 41.0 Å². The maximum Gasteiger partial charge on any atom is 0.469 e. The number of ether oxygens (including phenoxy) is 2. The Bertz CT molecular complexity index is 1090. The monoisotopic (exact) mass is 807 g/mol. The zero-order valence-corrected chi connectivity index (χ0v) is 36.7. The van der Waals surface area contributed by atoms with E-state index >= 15 is 0 Å². The number of rotatable bonds is 41. The molecule has 2 N–H and O–H groups in total. The number of carbonyl (C=O) groups is 2. The van der Waals surface area contributed by atoms with Gasteiger partial charge in [-0.1, -0.05) is 177 Å². The van der Waals surface area contributed by atoms with Crippen LogP contribution in [0.3, 0.4) is 0 Å². The van der Waals surface area contributed by atoms with Crippen LogP contribution in [0.2, 0.25) is 0 Å². The summed E-state index contributed by atoms with van der Waals surface area (Å²) < 4.78 is 26.4. The molecule has 0 rings (SSSR count). The van der Waals surface area contributed by atoms with Crippen LogP contribution in [-0.2, 0) is 28.2 Å². The third kappa shape index (κ3) is 44.5. The van der Waals surface area contributed by atoms with Gasteiger partial charge in [0, 0.05) is 12.8 Å². The van der Waals surface area contributed by atoms with Crippen LogP contribution >= 0.6 is 7.82 Å². The van der Waals surface area contributed by atoms with Crippen LogP contribution < -0.4 is 0 Å². The first-order chi connectivity index (χ1) is 27.3. The highest BCUT2D eigenvalue weighted by atomic mass is 31.2. The molecule has 0 aromatic carbocycles. The molecule has 0 radical (unpaired) electrons. The van der Waals surface area contributed by atoms with Gasteiger partial charge in [0.05, 0.1) is 6.61 Å².